The molecule has 158 valence electrons. The first kappa shape index (κ1) is 20.1. The predicted molar refractivity (Wildman–Crippen MR) is 114 cm³/mol. The van der Waals surface area contributed by atoms with Gasteiger partial charge in [-0.15, -0.1) is 5.10 Å². The third kappa shape index (κ3) is 3.82. The van der Waals surface area contributed by atoms with Crippen molar-refractivity contribution in [3.8, 4) is 28.4 Å². The Kier molecular flexibility index (Phi) is 5.35. The number of tetrazole rings is 1. The number of ether oxygens (including phenoxy) is 2. The largest absolute Gasteiger partial charge is 0.496 e. The van der Waals surface area contributed by atoms with E-state index in [1.54, 1.807) is 73.1 Å². The van der Waals surface area contributed by atoms with Crippen molar-refractivity contribution in [3.05, 3.63) is 60.0 Å². The summed E-state index contributed by atoms with van der Waals surface area (Å²) in [6.07, 6.45) is 1.70. The molecule has 1 amide bonds. The summed E-state index contributed by atoms with van der Waals surface area (Å²) in [4.78, 5) is 13.0. The van der Waals surface area contributed by atoms with Gasteiger partial charge >= 0.3 is 0 Å². The Hall–Kier alpha value is -4.21. The number of rotatable bonds is 6. The molecule has 0 unspecified atom stereocenters. The van der Waals surface area contributed by atoms with Crippen LogP contribution in [0.25, 0.3) is 16.9 Å². The molecule has 31 heavy (non-hydrogen) atoms. The van der Waals surface area contributed by atoms with Crippen LogP contribution >= 0.6 is 0 Å². The second kappa shape index (κ2) is 8.27. The zero-order chi connectivity index (χ0) is 22.0. The summed E-state index contributed by atoms with van der Waals surface area (Å²) in [7, 11) is 4.99. The maximum absolute atomic E-state index is 13.0. The van der Waals surface area contributed by atoms with E-state index in [1.807, 2.05) is 13.1 Å². The van der Waals surface area contributed by atoms with Crippen molar-refractivity contribution < 1.29 is 14.3 Å². The Morgan fingerprint density at radius 3 is 2.45 bits per heavy atom. The molecule has 0 aliphatic heterocycles. The van der Waals surface area contributed by atoms with Crippen molar-refractivity contribution in [1.29, 1.82) is 0 Å². The summed E-state index contributed by atoms with van der Waals surface area (Å²) in [5.74, 6) is 1.56. The fraction of sp³-hybridized carbons (Fsp3) is 0.190. The summed E-state index contributed by atoms with van der Waals surface area (Å²) in [5, 5.41) is 18.7. The lowest BCUT2D eigenvalue weighted by molar-refractivity contribution is 0.102. The van der Waals surface area contributed by atoms with Gasteiger partial charge in [0.25, 0.3) is 5.91 Å². The first-order valence-electron chi connectivity index (χ1n) is 9.43. The molecule has 0 saturated carbocycles. The van der Waals surface area contributed by atoms with Gasteiger partial charge in [-0.1, -0.05) is 0 Å². The lowest BCUT2D eigenvalue weighted by Gasteiger charge is -2.13. The van der Waals surface area contributed by atoms with Gasteiger partial charge in [0.2, 0.25) is 0 Å². The molecular formula is C21H21N7O3. The summed E-state index contributed by atoms with van der Waals surface area (Å²) >= 11 is 0. The van der Waals surface area contributed by atoms with Gasteiger partial charge in [0.05, 0.1) is 19.9 Å². The van der Waals surface area contributed by atoms with Crippen LogP contribution in [0.1, 0.15) is 16.2 Å². The summed E-state index contributed by atoms with van der Waals surface area (Å²) < 4.78 is 14.1. The zero-order valence-electron chi connectivity index (χ0n) is 17.5. The normalized spacial score (nSPS) is 10.7. The van der Waals surface area contributed by atoms with Gasteiger partial charge in [-0.2, -0.15) is 9.78 Å². The topological polar surface area (TPSA) is 109 Å². The Labute approximate surface area is 178 Å². The first-order valence-corrected chi connectivity index (χ1v) is 9.43. The summed E-state index contributed by atoms with van der Waals surface area (Å²) in [6.45, 7) is 1.78. The smallest absolute Gasteiger partial charge is 0.255 e. The highest BCUT2D eigenvalue weighted by molar-refractivity contribution is 6.05. The number of hydrogen-bond acceptors (Lipinski definition) is 7. The van der Waals surface area contributed by atoms with Crippen molar-refractivity contribution >= 4 is 11.6 Å². The van der Waals surface area contributed by atoms with E-state index < -0.39 is 0 Å². The Morgan fingerprint density at radius 2 is 1.81 bits per heavy atom. The number of anilines is 1. The van der Waals surface area contributed by atoms with E-state index in [0.717, 1.165) is 11.3 Å². The maximum Gasteiger partial charge on any atom is 0.255 e. The summed E-state index contributed by atoms with van der Waals surface area (Å²) in [6, 6.07) is 12.4. The van der Waals surface area contributed by atoms with Crippen LogP contribution in [0.4, 0.5) is 5.69 Å². The number of benzene rings is 2. The molecule has 2 aromatic heterocycles. The van der Waals surface area contributed by atoms with Crippen LogP contribution < -0.4 is 14.8 Å². The van der Waals surface area contributed by atoms with Crippen molar-refractivity contribution in [2.45, 2.75) is 6.92 Å². The number of nitrogens with zero attached hydrogens (tertiary/aromatic N) is 6. The van der Waals surface area contributed by atoms with Crippen LogP contribution in [0.5, 0.6) is 11.5 Å². The zero-order valence-corrected chi connectivity index (χ0v) is 17.5. The minimum Gasteiger partial charge on any atom is -0.496 e. The van der Waals surface area contributed by atoms with Gasteiger partial charge in [-0.05, 0) is 59.8 Å². The van der Waals surface area contributed by atoms with Crippen LogP contribution in [0, 0.1) is 6.92 Å². The highest BCUT2D eigenvalue weighted by atomic mass is 16.5. The SMILES string of the molecule is COc1ccc(C(=O)Nc2ccc(OC)c(-n3nnnc3C)c2)cc1-c1ccnn1C. The van der Waals surface area contributed by atoms with E-state index in [2.05, 4.69) is 25.9 Å². The van der Waals surface area contributed by atoms with Crippen molar-refractivity contribution in [1.82, 2.24) is 30.0 Å². The molecule has 0 aliphatic carbocycles. The molecule has 4 aromatic rings. The van der Waals surface area contributed by atoms with E-state index in [1.165, 1.54) is 0 Å². The Morgan fingerprint density at radius 1 is 1.03 bits per heavy atom. The second-order valence-electron chi connectivity index (χ2n) is 6.73. The van der Waals surface area contributed by atoms with Gasteiger partial charge in [0, 0.05) is 30.1 Å². The molecule has 0 atom stereocenters. The van der Waals surface area contributed by atoms with E-state index in [9.17, 15) is 4.79 Å². The second-order valence-corrected chi connectivity index (χ2v) is 6.73. The Bertz CT molecular complexity index is 1250. The van der Waals surface area contributed by atoms with Crippen molar-refractivity contribution in [2.75, 3.05) is 19.5 Å². The third-order valence-electron chi connectivity index (χ3n) is 4.85. The van der Waals surface area contributed by atoms with Gasteiger partial charge in [-0.25, -0.2) is 0 Å². The number of carbonyl (C=O) groups excluding carboxylic acids is 1. The van der Waals surface area contributed by atoms with Crippen LogP contribution in [0.2, 0.25) is 0 Å². The Balaban J connectivity index is 1.66. The number of amides is 1. The summed E-state index contributed by atoms with van der Waals surface area (Å²) in [5.41, 5.74) is 3.29. The fourth-order valence-electron chi connectivity index (χ4n) is 3.28. The number of carbonyl (C=O) groups is 1. The number of aryl methyl sites for hydroxylation is 2. The molecule has 0 aliphatic rings. The molecule has 2 heterocycles. The minimum absolute atomic E-state index is 0.268. The molecule has 0 spiro atoms. The molecule has 0 saturated heterocycles. The van der Waals surface area contributed by atoms with Crippen molar-refractivity contribution in [3.63, 3.8) is 0 Å². The van der Waals surface area contributed by atoms with E-state index in [-0.39, 0.29) is 5.91 Å². The highest BCUT2D eigenvalue weighted by Crippen LogP contribution is 2.31. The van der Waals surface area contributed by atoms with Crippen LogP contribution in [-0.4, -0.2) is 50.1 Å². The van der Waals surface area contributed by atoms with Gasteiger partial charge in [-0.3, -0.25) is 9.48 Å². The van der Waals surface area contributed by atoms with Crippen LogP contribution in [0.15, 0.2) is 48.7 Å². The van der Waals surface area contributed by atoms with Gasteiger partial charge in [0.15, 0.2) is 5.82 Å². The van der Waals surface area contributed by atoms with Gasteiger partial charge < -0.3 is 14.8 Å². The minimum atomic E-state index is -0.268. The average molecular weight is 419 g/mol. The number of methoxy groups -OCH3 is 2. The molecule has 10 heteroatoms. The standard InChI is InChI=1S/C21H21N7O3/c1-13-24-25-26-28(13)18-12-15(6-8-20(18)31-4)23-21(29)14-5-7-19(30-3)16(11-14)17-9-10-22-27(17)2/h5-12H,1-4H3,(H,23,29). The monoisotopic (exact) mass is 419 g/mol. The number of aromatic nitrogens is 6. The van der Waals surface area contributed by atoms with E-state index >= 15 is 0 Å². The molecule has 4 rings (SSSR count). The number of hydrogen-bond donors (Lipinski definition) is 1. The van der Waals surface area contributed by atoms with Gasteiger partial charge in [0.1, 0.15) is 17.2 Å². The quantitative estimate of drug-likeness (QED) is 0.512. The van der Waals surface area contributed by atoms with Crippen LogP contribution in [0.3, 0.4) is 0 Å². The van der Waals surface area contributed by atoms with Crippen LogP contribution in [-0.2, 0) is 7.05 Å². The molecule has 0 fully saturated rings. The predicted octanol–water partition coefficient (Wildman–Crippen LogP) is 2.64. The lowest BCUT2D eigenvalue weighted by atomic mass is 10.1. The van der Waals surface area contributed by atoms with E-state index in [4.69, 9.17) is 9.47 Å². The molecular weight excluding hydrogens is 398 g/mol. The van der Waals surface area contributed by atoms with Crippen molar-refractivity contribution in [2.24, 2.45) is 7.05 Å². The highest BCUT2D eigenvalue weighted by Gasteiger charge is 2.16. The molecule has 1 N–H and O–H groups in total. The van der Waals surface area contributed by atoms with E-state index in [0.29, 0.717) is 34.3 Å². The third-order valence-corrected chi connectivity index (χ3v) is 4.85. The fourth-order valence-corrected chi connectivity index (χ4v) is 3.28. The molecule has 2 aromatic carbocycles. The molecule has 10 nitrogen and oxygen atoms in total. The average Bonchev–Trinajstić information content (AvgIpc) is 3.41. The lowest BCUT2D eigenvalue weighted by Crippen LogP contribution is -2.13. The molecule has 0 radical (unpaired) electrons. The maximum atomic E-state index is 13.0. The molecule has 0 bridgehead atoms. The first-order chi connectivity index (χ1) is 15.0. The number of nitrogens with one attached hydrogen (secondary N) is 1.